The average Bonchev–Trinajstić information content (AvgIpc) is 2.35. The van der Waals surface area contributed by atoms with Crippen LogP contribution in [0.2, 0.25) is 0 Å². The predicted molar refractivity (Wildman–Crippen MR) is 70.7 cm³/mol. The zero-order valence-electron chi connectivity index (χ0n) is 11.9. The second kappa shape index (κ2) is 12.5. The van der Waals surface area contributed by atoms with E-state index in [1.165, 1.54) is 0 Å². The molecule has 0 aliphatic carbocycles. The van der Waals surface area contributed by atoms with Crippen LogP contribution in [-0.4, -0.2) is 44.4 Å². The number of hydrogen-bond acceptors (Lipinski definition) is 3. The van der Waals surface area contributed by atoms with Gasteiger partial charge in [-0.05, 0) is 6.92 Å². The molecule has 0 aromatic rings. The Morgan fingerprint density at radius 2 is 1.94 bits per heavy atom. The number of hydrogen-bond donors (Lipinski definition) is 0. The van der Waals surface area contributed by atoms with Gasteiger partial charge in [0.15, 0.2) is 0 Å². The van der Waals surface area contributed by atoms with E-state index in [4.69, 9.17) is 9.47 Å². The van der Waals surface area contributed by atoms with Crippen molar-refractivity contribution in [3.8, 4) is 0 Å². The van der Waals surface area contributed by atoms with Crippen molar-refractivity contribution in [2.24, 2.45) is 0 Å². The van der Waals surface area contributed by atoms with Crippen LogP contribution in [0, 0.1) is 0 Å². The molecule has 3 heteroatoms. The van der Waals surface area contributed by atoms with Gasteiger partial charge in [-0.2, -0.15) is 0 Å². The summed E-state index contributed by atoms with van der Waals surface area (Å²) in [5.41, 5.74) is 1.11. The molecule has 1 fully saturated rings. The van der Waals surface area contributed by atoms with E-state index in [0.717, 1.165) is 25.4 Å². The Morgan fingerprint density at radius 1 is 1.38 bits per heavy atom. The normalized spacial score (nSPS) is 18.9. The monoisotopic (exact) mass is 231 g/mol. The number of ether oxygens (including phenoxy) is 2. The number of methoxy groups -OCH3 is 1. The summed E-state index contributed by atoms with van der Waals surface area (Å²) in [6.07, 6.45) is 0.209. The second-order valence-corrected chi connectivity index (χ2v) is 3.13. The van der Waals surface area contributed by atoms with Crippen LogP contribution in [0.5, 0.6) is 0 Å². The SMILES string of the molecule is C=C(C)N1CCOC(COC)C1.CC.CC. The first-order valence-electron chi connectivity index (χ1n) is 6.25. The topological polar surface area (TPSA) is 21.7 Å². The molecule has 1 unspecified atom stereocenters. The van der Waals surface area contributed by atoms with E-state index in [1.54, 1.807) is 7.11 Å². The maximum atomic E-state index is 5.49. The number of nitrogens with zero attached hydrogens (tertiary/aromatic N) is 1. The maximum absolute atomic E-state index is 5.49. The van der Waals surface area contributed by atoms with Gasteiger partial charge in [-0.3, -0.25) is 0 Å². The van der Waals surface area contributed by atoms with Crippen LogP contribution in [0.25, 0.3) is 0 Å². The van der Waals surface area contributed by atoms with Crippen molar-refractivity contribution in [3.63, 3.8) is 0 Å². The van der Waals surface area contributed by atoms with Crippen LogP contribution < -0.4 is 0 Å². The molecule has 16 heavy (non-hydrogen) atoms. The first-order chi connectivity index (χ1) is 7.74. The van der Waals surface area contributed by atoms with Crippen molar-refractivity contribution in [2.75, 3.05) is 33.4 Å². The molecule has 1 aliphatic rings. The van der Waals surface area contributed by atoms with E-state index >= 15 is 0 Å². The molecule has 0 spiro atoms. The Morgan fingerprint density at radius 3 is 2.38 bits per heavy atom. The molecule has 0 amide bonds. The highest BCUT2D eigenvalue weighted by molar-refractivity contribution is 4.91. The first kappa shape index (κ1) is 17.8. The van der Waals surface area contributed by atoms with Crippen molar-refractivity contribution in [2.45, 2.75) is 40.7 Å². The molecule has 0 aromatic heterocycles. The molecule has 0 N–H and O–H groups in total. The standard InChI is InChI=1S/C9H17NO2.2C2H6/c1-8(2)10-4-5-12-9(6-10)7-11-3;2*1-2/h9H,1,4-7H2,2-3H3;2*1-2H3. The van der Waals surface area contributed by atoms with Crippen molar-refractivity contribution in [1.82, 2.24) is 4.90 Å². The lowest BCUT2D eigenvalue weighted by molar-refractivity contribution is -0.0519. The highest BCUT2D eigenvalue weighted by atomic mass is 16.5. The minimum absolute atomic E-state index is 0.209. The molecule has 1 aliphatic heterocycles. The Hall–Kier alpha value is -0.540. The Bertz CT molecular complexity index is 158. The van der Waals surface area contributed by atoms with Gasteiger partial charge in [0.1, 0.15) is 0 Å². The van der Waals surface area contributed by atoms with E-state index in [0.29, 0.717) is 6.61 Å². The summed E-state index contributed by atoms with van der Waals surface area (Å²) in [4.78, 5) is 2.23. The quantitative estimate of drug-likeness (QED) is 0.745. The molecule has 1 rings (SSSR count). The summed E-state index contributed by atoms with van der Waals surface area (Å²) in [6.45, 7) is 17.2. The molecule has 0 saturated carbocycles. The summed E-state index contributed by atoms with van der Waals surface area (Å²) in [6, 6.07) is 0. The minimum Gasteiger partial charge on any atom is -0.382 e. The van der Waals surface area contributed by atoms with E-state index in [2.05, 4.69) is 11.5 Å². The number of rotatable bonds is 3. The van der Waals surface area contributed by atoms with E-state index in [1.807, 2.05) is 34.6 Å². The summed E-state index contributed by atoms with van der Waals surface area (Å²) in [5, 5.41) is 0. The summed E-state index contributed by atoms with van der Waals surface area (Å²) in [7, 11) is 1.70. The summed E-state index contributed by atoms with van der Waals surface area (Å²) in [5.74, 6) is 0. The third-order valence-electron chi connectivity index (χ3n) is 2.03. The largest absolute Gasteiger partial charge is 0.382 e. The molecule has 0 radical (unpaired) electrons. The Kier molecular flexibility index (Phi) is 14.0. The van der Waals surface area contributed by atoms with Gasteiger partial charge < -0.3 is 14.4 Å². The predicted octanol–water partition coefficient (Wildman–Crippen LogP) is 2.92. The highest BCUT2D eigenvalue weighted by Gasteiger charge is 2.19. The van der Waals surface area contributed by atoms with Gasteiger partial charge in [0.2, 0.25) is 0 Å². The van der Waals surface area contributed by atoms with Crippen LogP contribution in [0.1, 0.15) is 34.6 Å². The lowest BCUT2D eigenvalue weighted by Crippen LogP contribution is -2.43. The lowest BCUT2D eigenvalue weighted by Gasteiger charge is -2.34. The summed E-state index contributed by atoms with van der Waals surface area (Å²) < 4.78 is 10.5. The number of morpholine rings is 1. The number of allylic oxidation sites excluding steroid dienone is 1. The molecule has 1 atom stereocenters. The van der Waals surface area contributed by atoms with Crippen molar-refractivity contribution in [1.29, 1.82) is 0 Å². The molecule has 98 valence electrons. The van der Waals surface area contributed by atoms with Gasteiger partial charge in [-0.25, -0.2) is 0 Å². The smallest absolute Gasteiger partial charge is 0.0983 e. The van der Waals surface area contributed by atoms with Gasteiger partial charge in [0.05, 0.1) is 19.3 Å². The van der Waals surface area contributed by atoms with Crippen molar-refractivity contribution >= 4 is 0 Å². The molecular formula is C13H29NO2. The highest BCUT2D eigenvalue weighted by Crippen LogP contribution is 2.09. The van der Waals surface area contributed by atoms with Gasteiger partial charge in [0, 0.05) is 25.9 Å². The third-order valence-corrected chi connectivity index (χ3v) is 2.03. The average molecular weight is 231 g/mol. The Labute approximate surface area is 101 Å². The second-order valence-electron chi connectivity index (χ2n) is 3.13. The van der Waals surface area contributed by atoms with Gasteiger partial charge >= 0.3 is 0 Å². The van der Waals surface area contributed by atoms with Crippen LogP contribution in [0.15, 0.2) is 12.3 Å². The van der Waals surface area contributed by atoms with Gasteiger partial charge in [-0.1, -0.05) is 34.3 Å². The van der Waals surface area contributed by atoms with Crippen molar-refractivity contribution < 1.29 is 9.47 Å². The molecule has 1 heterocycles. The molecule has 0 aromatic carbocycles. The fraction of sp³-hybridized carbons (Fsp3) is 0.846. The van der Waals surface area contributed by atoms with Crippen LogP contribution in [0.3, 0.4) is 0 Å². The first-order valence-corrected chi connectivity index (χ1v) is 6.25. The fourth-order valence-electron chi connectivity index (χ4n) is 1.35. The Balaban J connectivity index is 0. The van der Waals surface area contributed by atoms with E-state index < -0.39 is 0 Å². The maximum Gasteiger partial charge on any atom is 0.0983 e. The van der Waals surface area contributed by atoms with Gasteiger partial charge in [-0.15, -0.1) is 0 Å². The van der Waals surface area contributed by atoms with Crippen LogP contribution >= 0.6 is 0 Å². The zero-order valence-corrected chi connectivity index (χ0v) is 11.9. The molecule has 1 saturated heterocycles. The molecular weight excluding hydrogens is 202 g/mol. The van der Waals surface area contributed by atoms with Crippen molar-refractivity contribution in [3.05, 3.63) is 12.3 Å². The third kappa shape index (κ3) is 7.71. The lowest BCUT2D eigenvalue weighted by atomic mass is 10.2. The molecule has 3 nitrogen and oxygen atoms in total. The van der Waals surface area contributed by atoms with E-state index in [-0.39, 0.29) is 6.10 Å². The molecule has 0 bridgehead atoms. The van der Waals surface area contributed by atoms with Crippen LogP contribution in [-0.2, 0) is 9.47 Å². The summed E-state index contributed by atoms with van der Waals surface area (Å²) >= 11 is 0. The zero-order chi connectivity index (χ0) is 13.0. The van der Waals surface area contributed by atoms with Crippen LogP contribution in [0.4, 0.5) is 0 Å². The fourth-order valence-corrected chi connectivity index (χ4v) is 1.35. The minimum atomic E-state index is 0.209. The van der Waals surface area contributed by atoms with E-state index in [9.17, 15) is 0 Å². The van der Waals surface area contributed by atoms with Gasteiger partial charge in [0.25, 0.3) is 0 Å².